The molecule has 5 heteroatoms. The summed E-state index contributed by atoms with van der Waals surface area (Å²) in [4.78, 5) is 8.87. The molecule has 2 rings (SSSR count). The predicted molar refractivity (Wildman–Crippen MR) is 76.6 cm³/mol. The molecule has 19 heavy (non-hydrogen) atoms. The molecule has 5 nitrogen and oxygen atoms in total. The summed E-state index contributed by atoms with van der Waals surface area (Å²) < 4.78 is 5.64. The van der Waals surface area contributed by atoms with E-state index in [0.29, 0.717) is 23.9 Å². The van der Waals surface area contributed by atoms with Gasteiger partial charge in [-0.2, -0.15) is 4.98 Å². The molecule has 0 aliphatic carbocycles. The van der Waals surface area contributed by atoms with E-state index in [1.807, 2.05) is 26.8 Å². The van der Waals surface area contributed by atoms with Crippen molar-refractivity contribution in [2.75, 3.05) is 11.9 Å². The van der Waals surface area contributed by atoms with E-state index in [-0.39, 0.29) is 6.10 Å². The zero-order chi connectivity index (χ0) is 13.8. The first-order valence-corrected chi connectivity index (χ1v) is 7.05. The van der Waals surface area contributed by atoms with Gasteiger partial charge in [0.05, 0.1) is 6.10 Å². The minimum Gasteiger partial charge on any atom is -0.475 e. The van der Waals surface area contributed by atoms with Crippen LogP contribution in [0.25, 0.3) is 0 Å². The average Bonchev–Trinajstić information content (AvgIpc) is 2.26. The maximum atomic E-state index is 5.64. The molecule has 1 aliphatic heterocycles. The number of rotatable bonds is 4. The summed E-state index contributed by atoms with van der Waals surface area (Å²) in [5.41, 5.74) is 0.926. The summed E-state index contributed by atoms with van der Waals surface area (Å²) in [5, 5.41) is 6.86. The van der Waals surface area contributed by atoms with Crippen LogP contribution in [0.2, 0.25) is 0 Å². The molecule has 2 unspecified atom stereocenters. The number of ether oxygens (including phenoxy) is 1. The van der Waals surface area contributed by atoms with Gasteiger partial charge in [-0.05, 0) is 47.1 Å². The van der Waals surface area contributed by atoms with Crippen molar-refractivity contribution in [2.45, 2.75) is 58.7 Å². The number of hydrogen-bond acceptors (Lipinski definition) is 5. The van der Waals surface area contributed by atoms with Crippen LogP contribution in [0.15, 0.2) is 6.07 Å². The molecule has 1 aromatic heterocycles. The van der Waals surface area contributed by atoms with Crippen molar-refractivity contribution in [3.05, 3.63) is 11.8 Å². The van der Waals surface area contributed by atoms with Gasteiger partial charge in [0.1, 0.15) is 0 Å². The van der Waals surface area contributed by atoms with E-state index in [2.05, 4.69) is 27.5 Å². The fourth-order valence-electron chi connectivity index (χ4n) is 2.35. The van der Waals surface area contributed by atoms with Crippen molar-refractivity contribution in [2.24, 2.45) is 0 Å². The lowest BCUT2D eigenvalue weighted by Gasteiger charge is -2.28. The largest absolute Gasteiger partial charge is 0.475 e. The molecule has 1 aromatic rings. The van der Waals surface area contributed by atoms with Crippen molar-refractivity contribution in [1.82, 2.24) is 15.3 Å². The molecule has 0 spiro atoms. The Balaban J connectivity index is 2.04. The van der Waals surface area contributed by atoms with E-state index in [1.165, 1.54) is 0 Å². The highest BCUT2D eigenvalue weighted by Gasteiger charge is 2.19. The van der Waals surface area contributed by atoms with Crippen molar-refractivity contribution in [3.8, 4) is 5.88 Å². The Morgan fingerprint density at radius 1 is 1.42 bits per heavy atom. The molecule has 0 aromatic carbocycles. The second-order valence-electron chi connectivity index (χ2n) is 5.56. The second kappa shape index (κ2) is 6.19. The third kappa shape index (κ3) is 4.35. The first kappa shape index (κ1) is 14.1. The highest BCUT2D eigenvalue weighted by Crippen LogP contribution is 2.17. The van der Waals surface area contributed by atoms with Crippen LogP contribution in [0.3, 0.4) is 0 Å². The van der Waals surface area contributed by atoms with Crippen LogP contribution in [0.1, 0.15) is 39.3 Å². The number of anilines is 1. The molecule has 2 N–H and O–H groups in total. The van der Waals surface area contributed by atoms with Crippen molar-refractivity contribution in [1.29, 1.82) is 0 Å². The van der Waals surface area contributed by atoms with Gasteiger partial charge < -0.3 is 15.4 Å². The van der Waals surface area contributed by atoms with Crippen LogP contribution in [0.5, 0.6) is 5.88 Å². The van der Waals surface area contributed by atoms with Crippen LogP contribution >= 0.6 is 0 Å². The lowest BCUT2D eigenvalue weighted by atomic mass is 10.0. The van der Waals surface area contributed by atoms with Gasteiger partial charge in [0.25, 0.3) is 0 Å². The molecule has 2 atom stereocenters. The van der Waals surface area contributed by atoms with Crippen LogP contribution < -0.4 is 15.4 Å². The van der Waals surface area contributed by atoms with Gasteiger partial charge in [-0.25, -0.2) is 4.98 Å². The Morgan fingerprint density at radius 3 is 2.89 bits per heavy atom. The number of piperidine rings is 1. The monoisotopic (exact) mass is 264 g/mol. The number of hydrogen-bond donors (Lipinski definition) is 2. The van der Waals surface area contributed by atoms with E-state index < -0.39 is 0 Å². The summed E-state index contributed by atoms with van der Waals surface area (Å²) >= 11 is 0. The quantitative estimate of drug-likeness (QED) is 0.872. The number of aryl methyl sites for hydroxylation is 1. The molecular weight excluding hydrogens is 240 g/mol. The fraction of sp³-hybridized carbons (Fsp3) is 0.714. The summed E-state index contributed by atoms with van der Waals surface area (Å²) in [6.45, 7) is 9.21. The van der Waals surface area contributed by atoms with E-state index in [1.54, 1.807) is 0 Å². The SMILES string of the molecule is Cc1cc(OC(C)C)nc(NC2CCNC(C)C2)n1. The maximum absolute atomic E-state index is 5.64. The molecule has 0 radical (unpaired) electrons. The molecular formula is C14H24N4O. The zero-order valence-corrected chi connectivity index (χ0v) is 12.2. The van der Waals surface area contributed by atoms with Gasteiger partial charge in [0, 0.05) is 23.8 Å². The molecule has 1 aliphatic rings. The summed E-state index contributed by atoms with van der Waals surface area (Å²) in [6, 6.07) is 2.85. The first-order valence-electron chi connectivity index (χ1n) is 7.05. The van der Waals surface area contributed by atoms with Crippen LogP contribution in [0, 0.1) is 6.92 Å². The third-order valence-electron chi connectivity index (χ3n) is 3.14. The van der Waals surface area contributed by atoms with Gasteiger partial charge in [0.2, 0.25) is 11.8 Å². The van der Waals surface area contributed by atoms with Gasteiger partial charge in [-0.15, -0.1) is 0 Å². The first-order chi connectivity index (χ1) is 9.02. The molecule has 106 valence electrons. The smallest absolute Gasteiger partial charge is 0.226 e. The van der Waals surface area contributed by atoms with Crippen LogP contribution in [0.4, 0.5) is 5.95 Å². The summed E-state index contributed by atoms with van der Waals surface area (Å²) in [6.07, 6.45) is 2.32. The Bertz CT molecular complexity index is 422. The minimum atomic E-state index is 0.126. The van der Waals surface area contributed by atoms with Gasteiger partial charge >= 0.3 is 0 Å². The standard InChI is InChI=1S/C14H24N4O/c1-9(2)19-13-8-11(4)16-14(18-13)17-12-5-6-15-10(3)7-12/h8-10,12,15H,5-7H2,1-4H3,(H,16,17,18). The van der Waals surface area contributed by atoms with Gasteiger partial charge in [0.15, 0.2) is 0 Å². The van der Waals surface area contributed by atoms with Crippen molar-refractivity contribution < 1.29 is 4.74 Å². The number of nitrogens with one attached hydrogen (secondary N) is 2. The Morgan fingerprint density at radius 2 is 2.21 bits per heavy atom. The lowest BCUT2D eigenvalue weighted by Crippen LogP contribution is -2.41. The Labute approximate surface area is 115 Å². The van der Waals surface area contributed by atoms with Crippen LogP contribution in [-0.2, 0) is 0 Å². The van der Waals surface area contributed by atoms with E-state index in [9.17, 15) is 0 Å². The van der Waals surface area contributed by atoms with Gasteiger partial charge in [-0.1, -0.05) is 0 Å². The molecule has 0 amide bonds. The molecule has 0 bridgehead atoms. The average molecular weight is 264 g/mol. The molecule has 1 fully saturated rings. The Hall–Kier alpha value is -1.36. The van der Waals surface area contributed by atoms with Crippen LogP contribution in [-0.4, -0.2) is 34.7 Å². The normalized spacial score (nSPS) is 23.4. The summed E-state index contributed by atoms with van der Waals surface area (Å²) in [5.74, 6) is 1.32. The number of nitrogens with zero attached hydrogens (tertiary/aromatic N) is 2. The van der Waals surface area contributed by atoms with E-state index >= 15 is 0 Å². The topological polar surface area (TPSA) is 59.1 Å². The lowest BCUT2D eigenvalue weighted by molar-refractivity contribution is 0.232. The predicted octanol–water partition coefficient (Wildman–Crippen LogP) is 2.12. The van der Waals surface area contributed by atoms with E-state index in [0.717, 1.165) is 25.1 Å². The van der Waals surface area contributed by atoms with Crippen molar-refractivity contribution >= 4 is 5.95 Å². The summed E-state index contributed by atoms with van der Waals surface area (Å²) in [7, 11) is 0. The highest BCUT2D eigenvalue weighted by atomic mass is 16.5. The molecule has 0 saturated carbocycles. The highest BCUT2D eigenvalue weighted by molar-refractivity contribution is 5.32. The second-order valence-corrected chi connectivity index (χ2v) is 5.56. The van der Waals surface area contributed by atoms with E-state index in [4.69, 9.17) is 4.74 Å². The maximum Gasteiger partial charge on any atom is 0.226 e. The number of aromatic nitrogens is 2. The minimum absolute atomic E-state index is 0.126. The third-order valence-corrected chi connectivity index (χ3v) is 3.14. The fourth-order valence-corrected chi connectivity index (χ4v) is 2.35. The molecule has 2 heterocycles. The zero-order valence-electron chi connectivity index (χ0n) is 12.2. The van der Waals surface area contributed by atoms with Crippen molar-refractivity contribution in [3.63, 3.8) is 0 Å². The van der Waals surface area contributed by atoms with Gasteiger partial charge in [-0.3, -0.25) is 0 Å². The molecule has 1 saturated heterocycles. The Kier molecular flexibility index (Phi) is 4.58.